The van der Waals surface area contributed by atoms with Gasteiger partial charge in [-0.1, -0.05) is 0 Å². The van der Waals surface area contributed by atoms with E-state index in [-0.39, 0.29) is 21.2 Å². The Bertz CT molecular complexity index is 1500. The fraction of sp³-hybridized carbons (Fsp3) is 0.0833. The van der Waals surface area contributed by atoms with Gasteiger partial charge in [0.1, 0.15) is 0 Å². The molecular weight excluding hydrogens is 471 g/mol. The minimum atomic E-state index is -0.244. The van der Waals surface area contributed by atoms with E-state index in [2.05, 4.69) is 76.2 Å². The molecule has 1 N–H and O–H groups in total. The Hall–Kier alpha value is -2.93. The maximum absolute atomic E-state index is 5.12. The third-order valence-electron chi connectivity index (χ3n) is 5.74. The van der Waals surface area contributed by atoms with E-state index in [1.165, 1.54) is 31.3 Å². The van der Waals surface area contributed by atoms with Gasteiger partial charge in [0.15, 0.2) is 0 Å². The number of imidazole rings is 1. The first kappa shape index (κ1) is 17.0. The minimum absolute atomic E-state index is 0.244. The molecule has 0 spiro atoms. The number of hydrogen-bond acceptors (Lipinski definition) is 2. The normalized spacial score (nSPS) is 13.7. The van der Waals surface area contributed by atoms with Crippen molar-refractivity contribution in [3.05, 3.63) is 73.7 Å². The molecule has 4 nitrogen and oxygen atoms in total. The Balaban J connectivity index is 1.76. The van der Waals surface area contributed by atoms with Crippen LogP contribution >= 0.6 is 0 Å². The number of rotatable bonds is 1. The first-order valence-corrected chi connectivity index (χ1v) is 11.9. The van der Waals surface area contributed by atoms with Crippen LogP contribution in [0.1, 0.15) is 11.3 Å². The van der Waals surface area contributed by atoms with Crippen molar-refractivity contribution in [2.45, 2.75) is 6.92 Å². The summed E-state index contributed by atoms with van der Waals surface area (Å²) in [6.07, 6.45) is 8.37. The van der Waals surface area contributed by atoms with Crippen LogP contribution in [-0.4, -0.2) is 19.5 Å². The van der Waals surface area contributed by atoms with E-state index in [1.54, 1.807) is 0 Å². The summed E-state index contributed by atoms with van der Waals surface area (Å²) < 4.78 is 5.91. The first-order valence-electron chi connectivity index (χ1n) is 9.55. The van der Waals surface area contributed by atoms with E-state index in [4.69, 9.17) is 9.97 Å². The van der Waals surface area contributed by atoms with Gasteiger partial charge >= 0.3 is 179 Å². The summed E-state index contributed by atoms with van der Waals surface area (Å²) in [5.74, 6) is 0.927. The predicted molar refractivity (Wildman–Crippen MR) is 115 cm³/mol. The number of pyridine rings is 1. The van der Waals surface area contributed by atoms with Crippen LogP contribution < -0.4 is 21.2 Å². The third kappa shape index (κ3) is 2.37. The molecule has 1 aliphatic rings. The van der Waals surface area contributed by atoms with Crippen LogP contribution in [0.25, 0.3) is 50.3 Å². The Morgan fingerprint density at radius 1 is 1.00 bits per heavy atom. The Morgan fingerprint density at radius 2 is 1.86 bits per heavy atom. The van der Waals surface area contributed by atoms with Crippen molar-refractivity contribution in [2.75, 3.05) is 0 Å². The second-order valence-corrected chi connectivity index (χ2v) is 9.68. The third-order valence-corrected chi connectivity index (χ3v) is 8.23. The molecule has 5 aromatic rings. The molecule has 0 atom stereocenters. The van der Waals surface area contributed by atoms with Gasteiger partial charge in [0.2, 0.25) is 0 Å². The Morgan fingerprint density at radius 3 is 2.79 bits per heavy atom. The number of hydrogen-bond donors (Lipinski definition) is 1. The van der Waals surface area contributed by atoms with Crippen LogP contribution in [0.3, 0.4) is 0 Å². The van der Waals surface area contributed by atoms with Crippen LogP contribution in [0, 0.1) is 10.5 Å². The summed E-state index contributed by atoms with van der Waals surface area (Å²) >= 11 is -0.244. The molecule has 0 aliphatic carbocycles. The SMILES string of the molecule is Cc1c(-c2nc3c([nH]2)c2c(c4ncccc43)[I-]C=CC=C2)c2ccccc2n1C. The number of nitrogens with one attached hydrogen (secondary N) is 1. The van der Waals surface area contributed by atoms with Gasteiger partial charge in [-0.2, -0.15) is 0 Å². The molecule has 2 aromatic carbocycles. The van der Waals surface area contributed by atoms with Crippen LogP contribution in [0.15, 0.2) is 58.8 Å². The number of nitrogens with zero attached hydrogens (tertiary/aromatic N) is 3. The van der Waals surface area contributed by atoms with Crippen molar-refractivity contribution in [1.82, 2.24) is 19.5 Å². The van der Waals surface area contributed by atoms with Gasteiger partial charge in [-0.05, 0) is 0 Å². The molecule has 0 saturated carbocycles. The van der Waals surface area contributed by atoms with Gasteiger partial charge in [0, 0.05) is 0 Å². The average Bonchev–Trinajstić information content (AvgIpc) is 3.17. The summed E-state index contributed by atoms with van der Waals surface area (Å²) in [4.78, 5) is 13.6. The summed E-state index contributed by atoms with van der Waals surface area (Å²) in [5, 5.41) is 2.36. The van der Waals surface area contributed by atoms with E-state index in [9.17, 15) is 0 Å². The molecule has 0 amide bonds. The molecule has 1 aliphatic heterocycles. The zero-order valence-corrected chi connectivity index (χ0v) is 18.2. The Kier molecular flexibility index (Phi) is 3.68. The van der Waals surface area contributed by atoms with Gasteiger partial charge in [0.25, 0.3) is 0 Å². The molecule has 0 fully saturated rings. The monoisotopic (exact) mass is 489 g/mol. The van der Waals surface area contributed by atoms with Crippen molar-refractivity contribution in [3.63, 3.8) is 0 Å². The van der Waals surface area contributed by atoms with Crippen molar-refractivity contribution >= 4 is 38.9 Å². The zero-order chi connectivity index (χ0) is 19.5. The zero-order valence-electron chi connectivity index (χ0n) is 16.1. The molecule has 142 valence electrons. The van der Waals surface area contributed by atoms with E-state index in [0.29, 0.717) is 0 Å². The van der Waals surface area contributed by atoms with E-state index in [0.717, 1.165) is 27.8 Å². The van der Waals surface area contributed by atoms with Crippen molar-refractivity contribution in [2.24, 2.45) is 7.05 Å². The molecule has 3 aromatic heterocycles. The number of aromatic amines is 1. The van der Waals surface area contributed by atoms with Crippen molar-refractivity contribution in [1.29, 1.82) is 0 Å². The van der Waals surface area contributed by atoms with Gasteiger partial charge in [-0.3, -0.25) is 0 Å². The van der Waals surface area contributed by atoms with E-state index in [1.807, 2.05) is 12.3 Å². The summed E-state index contributed by atoms with van der Waals surface area (Å²) in [6, 6.07) is 12.7. The molecule has 4 heterocycles. The average molecular weight is 489 g/mol. The van der Waals surface area contributed by atoms with Crippen LogP contribution in [0.2, 0.25) is 0 Å². The molecule has 0 unspecified atom stereocenters. The van der Waals surface area contributed by atoms with Crippen LogP contribution in [-0.2, 0) is 7.05 Å². The molecule has 5 heteroatoms. The fourth-order valence-electron chi connectivity index (χ4n) is 4.27. The number of aromatic nitrogens is 4. The number of allylic oxidation sites excluding steroid dienone is 2. The van der Waals surface area contributed by atoms with Gasteiger partial charge in [-0.25, -0.2) is 0 Å². The second-order valence-electron chi connectivity index (χ2n) is 7.26. The number of fused-ring (bicyclic) bond motifs is 7. The summed E-state index contributed by atoms with van der Waals surface area (Å²) in [7, 11) is 2.12. The number of halogens is 1. The van der Waals surface area contributed by atoms with Crippen LogP contribution in [0.4, 0.5) is 0 Å². The van der Waals surface area contributed by atoms with Gasteiger partial charge < -0.3 is 0 Å². The quantitative estimate of drug-likeness (QED) is 0.368. The molecule has 0 saturated heterocycles. The maximum atomic E-state index is 5.12. The van der Waals surface area contributed by atoms with Gasteiger partial charge in [0.05, 0.1) is 0 Å². The van der Waals surface area contributed by atoms with E-state index < -0.39 is 0 Å². The summed E-state index contributed by atoms with van der Waals surface area (Å²) in [5.41, 5.74) is 8.05. The predicted octanol–water partition coefficient (Wildman–Crippen LogP) is 2.38. The topological polar surface area (TPSA) is 46.5 Å². The number of H-pyrrole nitrogens is 1. The number of para-hydroxylation sites is 1. The van der Waals surface area contributed by atoms with Gasteiger partial charge in [-0.15, -0.1) is 0 Å². The Labute approximate surface area is 178 Å². The first-order chi connectivity index (χ1) is 14.2. The van der Waals surface area contributed by atoms with E-state index >= 15 is 0 Å². The summed E-state index contributed by atoms with van der Waals surface area (Å²) in [6.45, 7) is 2.16. The number of benzene rings is 2. The van der Waals surface area contributed by atoms with Crippen LogP contribution in [0.5, 0.6) is 0 Å². The second kappa shape index (κ2) is 6.29. The van der Waals surface area contributed by atoms with Crippen molar-refractivity contribution < 1.29 is 21.2 Å². The molecular formula is C24H18IN4-. The molecule has 6 rings (SSSR count). The molecule has 0 bridgehead atoms. The fourth-order valence-corrected chi connectivity index (χ4v) is 6.59. The molecule has 29 heavy (non-hydrogen) atoms. The molecule has 0 radical (unpaired) electrons. The van der Waals surface area contributed by atoms with Crippen molar-refractivity contribution in [3.8, 4) is 11.4 Å². The number of aryl methyl sites for hydroxylation is 1. The standard InChI is InChI=1S/C24H18IN4/c1-14-19(15-8-3-4-11-18(15)29(14)2)24-27-22-16-9-5-6-12-25-20(16)21-17(23(22)28-24)10-7-13-26-21/h3-13H,1-2H3,(H,27,28)/q-1.